The summed E-state index contributed by atoms with van der Waals surface area (Å²) >= 11 is 0. The third-order valence-electron chi connectivity index (χ3n) is 6.09. The average molecular weight is 411 g/mol. The van der Waals surface area contributed by atoms with Crippen LogP contribution in [-0.2, 0) is 19.0 Å². The Bertz CT molecular complexity index is 895. The van der Waals surface area contributed by atoms with Gasteiger partial charge in [0.15, 0.2) is 6.29 Å². The molecule has 2 aromatic rings. The zero-order valence-electron chi connectivity index (χ0n) is 17.0. The molecule has 4 rings (SSSR count). The number of nitrogens with zero attached hydrogens (tertiary/aromatic N) is 1. The van der Waals surface area contributed by atoms with E-state index in [1.54, 1.807) is 0 Å². The van der Waals surface area contributed by atoms with Crippen LogP contribution in [0.1, 0.15) is 17.0 Å². The van der Waals surface area contributed by atoms with E-state index >= 15 is 0 Å². The highest BCUT2D eigenvalue weighted by Crippen LogP contribution is 2.44. The van der Waals surface area contributed by atoms with E-state index in [1.807, 2.05) is 24.3 Å². The Balaban J connectivity index is 1.47. The summed E-state index contributed by atoms with van der Waals surface area (Å²) in [4.78, 5) is 25.9. The highest BCUT2D eigenvalue weighted by molar-refractivity contribution is 5.79. The summed E-state index contributed by atoms with van der Waals surface area (Å²) in [5, 5.41) is 9.55. The molecule has 0 spiro atoms. The summed E-state index contributed by atoms with van der Waals surface area (Å²) in [5.74, 6) is -2.25. The SMILES string of the molecule is COC(OC)[C@@H]1CN(C(=O)OCC2c3ccccc3-c3ccccc32)C[C@H]1C(=O)O. The van der Waals surface area contributed by atoms with Crippen LogP contribution in [0.5, 0.6) is 0 Å². The van der Waals surface area contributed by atoms with E-state index in [4.69, 9.17) is 14.2 Å². The van der Waals surface area contributed by atoms with Crippen LogP contribution in [0, 0.1) is 11.8 Å². The molecule has 2 aliphatic rings. The number of methoxy groups -OCH3 is 2. The molecule has 1 fully saturated rings. The van der Waals surface area contributed by atoms with E-state index in [0.29, 0.717) is 0 Å². The number of ether oxygens (including phenoxy) is 3. The number of hydrogen-bond donors (Lipinski definition) is 1. The fourth-order valence-corrected chi connectivity index (χ4v) is 4.65. The number of carbonyl (C=O) groups is 2. The van der Waals surface area contributed by atoms with Gasteiger partial charge in [-0.1, -0.05) is 48.5 Å². The summed E-state index contributed by atoms with van der Waals surface area (Å²) in [7, 11) is 2.92. The molecule has 1 saturated heterocycles. The molecule has 2 aromatic carbocycles. The summed E-state index contributed by atoms with van der Waals surface area (Å²) in [6.07, 6.45) is -1.21. The van der Waals surface area contributed by atoms with Crippen LogP contribution in [0.15, 0.2) is 48.5 Å². The monoisotopic (exact) mass is 411 g/mol. The normalized spacial score (nSPS) is 20.3. The van der Waals surface area contributed by atoms with Crippen molar-refractivity contribution in [1.82, 2.24) is 4.90 Å². The quantitative estimate of drug-likeness (QED) is 0.735. The van der Waals surface area contributed by atoms with Crippen molar-refractivity contribution in [2.45, 2.75) is 12.2 Å². The van der Waals surface area contributed by atoms with Gasteiger partial charge in [-0.05, 0) is 22.3 Å². The molecule has 1 aliphatic carbocycles. The highest BCUT2D eigenvalue weighted by Gasteiger charge is 2.45. The third-order valence-corrected chi connectivity index (χ3v) is 6.09. The van der Waals surface area contributed by atoms with Gasteiger partial charge in [0.25, 0.3) is 0 Å². The minimum Gasteiger partial charge on any atom is -0.481 e. The predicted octanol–water partition coefficient (Wildman–Crippen LogP) is 3.19. The van der Waals surface area contributed by atoms with Crippen LogP contribution in [0.4, 0.5) is 4.79 Å². The van der Waals surface area contributed by atoms with E-state index in [9.17, 15) is 14.7 Å². The first kappa shape index (κ1) is 20.4. The van der Waals surface area contributed by atoms with E-state index in [0.717, 1.165) is 22.3 Å². The van der Waals surface area contributed by atoms with E-state index in [1.165, 1.54) is 19.1 Å². The molecule has 0 aromatic heterocycles. The highest BCUT2D eigenvalue weighted by atomic mass is 16.7. The van der Waals surface area contributed by atoms with Crippen LogP contribution >= 0.6 is 0 Å². The minimum absolute atomic E-state index is 0.0410. The maximum absolute atomic E-state index is 12.8. The van der Waals surface area contributed by atoms with Gasteiger partial charge >= 0.3 is 12.1 Å². The Kier molecular flexibility index (Phi) is 5.74. The van der Waals surface area contributed by atoms with Gasteiger partial charge in [-0.2, -0.15) is 0 Å². The van der Waals surface area contributed by atoms with Crippen LogP contribution < -0.4 is 0 Å². The van der Waals surface area contributed by atoms with Crippen molar-refractivity contribution in [3.05, 3.63) is 59.7 Å². The number of amides is 1. The number of rotatable bonds is 6. The Morgan fingerprint density at radius 1 is 1.00 bits per heavy atom. The largest absolute Gasteiger partial charge is 0.481 e. The number of carbonyl (C=O) groups excluding carboxylic acids is 1. The molecule has 7 nitrogen and oxygen atoms in total. The topological polar surface area (TPSA) is 85.3 Å². The van der Waals surface area contributed by atoms with Gasteiger partial charge in [0.05, 0.1) is 5.92 Å². The van der Waals surface area contributed by atoms with Crippen molar-refractivity contribution >= 4 is 12.1 Å². The Labute approximate surface area is 175 Å². The Morgan fingerprint density at radius 2 is 1.57 bits per heavy atom. The summed E-state index contributed by atoms with van der Waals surface area (Å²) in [5.41, 5.74) is 4.58. The predicted molar refractivity (Wildman–Crippen MR) is 109 cm³/mol. The number of carboxylic acid groups (broad SMARTS) is 1. The van der Waals surface area contributed by atoms with Crippen LogP contribution in [0.25, 0.3) is 11.1 Å². The molecule has 1 aliphatic heterocycles. The zero-order chi connectivity index (χ0) is 21.3. The molecule has 0 saturated carbocycles. The number of likely N-dealkylation sites (tertiary alicyclic amines) is 1. The zero-order valence-corrected chi connectivity index (χ0v) is 17.0. The van der Waals surface area contributed by atoms with Crippen LogP contribution in [0.2, 0.25) is 0 Å². The van der Waals surface area contributed by atoms with Crippen molar-refractivity contribution in [3.63, 3.8) is 0 Å². The molecule has 0 radical (unpaired) electrons. The Morgan fingerprint density at radius 3 is 2.10 bits per heavy atom. The second-order valence-electron chi connectivity index (χ2n) is 7.66. The third kappa shape index (κ3) is 3.55. The molecule has 0 unspecified atom stereocenters. The second kappa shape index (κ2) is 8.45. The van der Waals surface area contributed by atoms with Crippen molar-refractivity contribution in [3.8, 4) is 11.1 Å². The summed E-state index contributed by atoms with van der Waals surface area (Å²) in [6.45, 7) is 0.476. The van der Waals surface area contributed by atoms with E-state index < -0.39 is 30.2 Å². The molecule has 30 heavy (non-hydrogen) atoms. The molecule has 1 N–H and O–H groups in total. The molecule has 0 bridgehead atoms. The molecule has 158 valence electrons. The van der Waals surface area contributed by atoms with Crippen molar-refractivity contribution < 1.29 is 28.9 Å². The van der Waals surface area contributed by atoms with Crippen LogP contribution in [-0.4, -0.2) is 62.3 Å². The lowest BCUT2D eigenvalue weighted by molar-refractivity contribution is -0.161. The molecular weight excluding hydrogens is 386 g/mol. The first-order valence-corrected chi connectivity index (χ1v) is 9.93. The van der Waals surface area contributed by atoms with Gasteiger partial charge in [-0.3, -0.25) is 4.79 Å². The lowest BCUT2D eigenvalue weighted by Crippen LogP contribution is -2.34. The number of hydrogen-bond acceptors (Lipinski definition) is 5. The Hall–Kier alpha value is -2.90. The van der Waals surface area contributed by atoms with E-state index in [2.05, 4.69) is 24.3 Å². The fourth-order valence-electron chi connectivity index (χ4n) is 4.65. The maximum atomic E-state index is 12.8. The standard InChI is InChI=1S/C23H25NO6/c1-28-22(29-2)19-12-24(11-18(19)21(25)26)23(27)30-13-20-16-9-5-3-7-14(16)15-8-4-6-10-17(15)20/h3-10,18-20,22H,11-13H2,1-2H3,(H,25,26)/t18-,19-/m1/s1. The van der Waals surface area contributed by atoms with E-state index in [-0.39, 0.29) is 25.6 Å². The molecule has 1 heterocycles. The summed E-state index contributed by atoms with van der Waals surface area (Å²) in [6, 6.07) is 16.2. The number of aliphatic carboxylic acids is 1. The molecular formula is C23H25NO6. The first-order valence-electron chi connectivity index (χ1n) is 9.93. The van der Waals surface area contributed by atoms with Gasteiger partial charge in [-0.25, -0.2) is 4.79 Å². The van der Waals surface area contributed by atoms with Gasteiger partial charge in [0.2, 0.25) is 0 Å². The first-order chi connectivity index (χ1) is 14.5. The molecule has 2 atom stereocenters. The van der Waals surface area contributed by atoms with Crippen molar-refractivity contribution in [2.75, 3.05) is 33.9 Å². The smallest absolute Gasteiger partial charge is 0.409 e. The minimum atomic E-state index is -0.979. The average Bonchev–Trinajstić information content (AvgIpc) is 3.34. The number of benzene rings is 2. The van der Waals surface area contributed by atoms with Gasteiger partial charge < -0.3 is 24.2 Å². The van der Waals surface area contributed by atoms with Crippen molar-refractivity contribution in [2.24, 2.45) is 11.8 Å². The molecule has 7 heteroatoms. The number of fused-ring (bicyclic) bond motifs is 3. The number of carboxylic acids is 1. The molecule has 1 amide bonds. The second-order valence-corrected chi connectivity index (χ2v) is 7.66. The maximum Gasteiger partial charge on any atom is 0.409 e. The lowest BCUT2D eigenvalue weighted by atomic mass is 9.95. The summed E-state index contributed by atoms with van der Waals surface area (Å²) < 4.78 is 16.2. The van der Waals surface area contributed by atoms with Gasteiger partial charge in [0.1, 0.15) is 6.61 Å². The van der Waals surface area contributed by atoms with Crippen LogP contribution in [0.3, 0.4) is 0 Å². The fraction of sp³-hybridized carbons (Fsp3) is 0.391. The lowest BCUT2D eigenvalue weighted by Gasteiger charge is -2.23. The van der Waals surface area contributed by atoms with Crippen molar-refractivity contribution in [1.29, 1.82) is 0 Å². The van der Waals surface area contributed by atoms with Gasteiger partial charge in [0, 0.05) is 39.1 Å². The van der Waals surface area contributed by atoms with Gasteiger partial charge in [-0.15, -0.1) is 0 Å².